The van der Waals surface area contributed by atoms with Crippen molar-refractivity contribution < 1.29 is 24.2 Å². The number of amides is 1. The van der Waals surface area contributed by atoms with E-state index < -0.39 is 16.2 Å². The molecule has 0 spiro atoms. The predicted molar refractivity (Wildman–Crippen MR) is 160 cm³/mol. The Labute approximate surface area is 238 Å². The minimum atomic E-state index is -0.868. The van der Waals surface area contributed by atoms with Gasteiger partial charge in [-0.15, -0.1) is 0 Å². The van der Waals surface area contributed by atoms with Crippen LogP contribution < -0.4 is 4.74 Å². The number of phenolic OH excluding ortho intramolecular Hbond substituents is 1. The summed E-state index contributed by atoms with van der Waals surface area (Å²) in [6.45, 7) is 26.4. The predicted octanol–water partition coefficient (Wildman–Crippen LogP) is 8.08. The first kappa shape index (κ1) is 34.9. The van der Waals surface area contributed by atoms with Crippen molar-refractivity contribution in [3.05, 3.63) is 24.3 Å². The quantitative estimate of drug-likeness (QED) is 0.117. The summed E-state index contributed by atoms with van der Waals surface area (Å²) in [5.41, 5.74) is -2.27. The Kier molecular flexibility index (Phi) is 11.7. The van der Waals surface area contributed by atoms with E-state index in [-0.39, 0.29) is 41.1 Å². The molecule has 0 saturated heterocycles. The lowest BCUT2D eigenvalue weighted by Crippen LogP contribution is -2.55. The molecule has 1 aromatic rings. The van der Waals surface area contributed by atoms with Gasteiger partial charge in [0.2, 0.25) is 5.91 Å². The fourth-order valence-electron chi connectivity index (χ4n) is 5.40. The van der Waals surface area contributed by atoms with Crippen LogP contribution in [0.25, 0.3) is 0 Å². The molecule has 0 aliphatic rings. The number of hydrogen-bond donors (Lipinski definition) is 1. The smallest absolute Gasteiger partial charge is 0.317 e. The Morgan fingerprint density at radius 2 is 1.46 bits per heavy atom. The van der Waals surface area contributed by atoms with Gasteiger partial charge < -0.3 is 19.5 Å². The van der Waals surface area contributed by atoms with Gasteiger partial charge in [0.05, 0.1) is 5.41 Å². The molecule has 1 aromatic carbocycles. The molecule has 0 saturated carbocycles. The van der Waals surface area contributed by atoms with E-state index in [9.17, 15) is 14.7 Å². The molecule has 0 aromatic heterocycles. The van der Waals surface area contributed by atoms with Crippen LogP contribution in [0.5, 0.6) is 11.5 Å². The van der Waals surface area contributed by atoms with Gasteiger partial charge in [0.1, 0.15) is 18.2 Å². The van der Waals surface area contributed by atoms with Crippen LogP contribution in [-0.2, 0) is 14.3 Å². The van der Waals surface area contributed by atoms with Crippen LogP contribution in [0.3, 0.4) is 0 Å². The SMILES string of the molecule is CCCCOCN(C)C(=O)C(CC(C)(C)C(C)(C)C(C)(CC(C)(C)C)C(=O)Oc1ccc(O)cc1)C(C)(C)C. The number of aromatic hydroxyl groups is 1. The third-order valence-corrected chi connectivity index (χ3v) is 8.81. The number of nitrogens with zero attached hydrogens (tertiary/aromatic N) is 1. The van der Waals surface area contributed by atoms with Crippen molar-refractivity contribution in [1.82, 2.24) is 4.90 Å². The summed E-state index contributed by atoms with van der Waals surface area (Å²) in [4.78, 5) is 29.5. The largest absolute Gasteiger partial charge is 0.508 e. The highest BCUT2D eigenvalue weighted by atomic mass is 16.5. The van der Waals surface area contributed by atoms with Crippen molar-refractivity contribution >= 4 is 11.9 Å². The van der Waals surface area contributed by atoms with Gasteiger partial charge in [0.15, 0.2) is 0 Å². The van der Waals surface area contributed by atoms with E-state index in [1.807, 2.05) is 14.0 Å². The maximum Gasteiger partial charge on any atom is 0.317 e. The Balaban J connectivity index is 3.40. The number of esters is 1. The molecular formula is C33H57NO5. The molecule has 39 heavy (non-hydrogen) atoms. The van der Waals surface area contributed by atoms with E-state index in [0.29, 0.717) is 25.2 Å². The highest BCUT2D eigenvalue weighted by Crippen LogP contribution is 2.59. The second-order valence-corrected chi connectivity index (χ2v) is 15.0. The second-order valence-electron chi connectivity index (χ2n) is 15.0. The highest BCUT2D eigenvalue weighted by Gasteiger charge is 2.58. The summed E-state index contributed by atoms with van der Waals surface area (Å²) < 4.78 is 11.7. The summed E-state index contributed by atoms with van der Waals surface area (Å²) in [7, 11) is 1.81. The van der Waals surface area contributed by atoms with Crippen LogP contribution in [0, 0.1) is 33.0 Å². The maximum atomic E-state index is 14.0. The Morgan fingerprint density at radius 1 is 0.923 bits per heavy atom. The second kappa shape index (κ2) is 13.1. The summed E-state index contributed by atoms with van der Waals surface area (Å²) >= 11 is 0. The molecule has 0 heterocycles. The third kappa shape index (κ3) is 9.23. The molecule has 0 aliphatic carbocycles. The van der Waals surface area contributed by atoms with E-state index in [1.165, 1.54) is 12.1 Å². The summed E-state index contributed by atoms with van der Waals surface area (Å²) in [5, 5.41) is 9.67. The number of benzene rings is 1. The van der Waals surface area contributed by atoms with E-state index in [1.54, 1.807) is 17.0 Å². The molecule has 1 amide bonds. The van der Waals surface area contributed by atoms with Gasteiger partial charge in [-0.1, -0.05) is 82.6 Å². The zero-order chi connectivity index (χ0) is 30.4. The van der Waals surface area contributed by atoms with E-state index in [4.69, 9.17) is 9.47 Å². The van der Waals surface area contributed by atoms with Crippen LogP contribution >= 0.6 is 0 Å². The Morgan fingerprint density at radius 3 is 1.92 bits per heavy atom. The van der Waals surface area contributed by atoms with E-state index >= 15 is 0 Å². The first-order valence-corrected chi connectivity index (χ1v) is 14.4. The first-order valence-electron chi connectivity index (χ1n) is 14.4. The van der Waals surface area contributed by atoms with Crippen LogP contribution in [-0.4, -0.2) is 42.3 Å². The molecule has 2 atom stereocenters. The average molecular weight is 548 g/mol. The van der Waals surface area contributed by atoms with Crippen molar-refractivity contribution in [2.45, 2.75) is 109 Å². The van der Waals surface area contributed by atoms with Crippen LogP contribution in [0.4, 0.5) is 0 Å². The average Bonchev–Trinajstić information content (AvgIpc) is 2.79. The third-order valence-electron chi connectivity index (χ3n) is 8.81. The first-order chi connectivity index (χ1) is 17.6. The standard InChI is InChI=1S/C33H57NO5/c1-14-15-20-38-23-34(13)27(36)26(30(5,6)7)21-31(8,9)32(10,11)33(12,22-29(2,3)4)28(37)39-25-18-16-24(35)17-19-25/h16-19,26,35H,14-15,20-23H2,1-13H3. The fourth-order valence-corrected chi connectivity index (χ4v) is 5.40. The topological polar surface area (TPSA) is 76.1 Å². The Hall–Kier alpha value is -2.08. The van der Waals surface area contributed by atoms with Gasteiger partial charge in [-0.25, -0.2) is 0 Å². The van der Waals surface area contributed by atoms with Gasteiger partial charge >= 0.3 is 5.97 Å². The van der Waals surface area contributed by atoms with Gasteiger partial charge in [-0.05, 0) is 72.1 Å². The normalized spacial score (nSPS) is 15.4. The maximum absolute atomic E-state index is 14.0. The molecule has 1 rings (SSSR count). The molecule has 6 nitrogen and oxygen atoms in total. The van der Waals surface area contributed by atoms with Crippen LogP contribution in [0.1, 0.15) is 109 Å². The monoisotopic (exact) mass is 547 g/mol. The van der Waals surface area contributed by atoms with Crippen molar-refractivity contribution in [2.75, 3.05) is 20.4 Å². The number of ether oxygens (including phenoxy) is 2. The van der Waals surface area contributed by atoms with E-state index in [0.717, 1.165) is 12.8 Å². The number of carbonyl (C=O) groups excluding carboxylic acids is 2. The zero-order valence-electron chi connectivity index (χ0n) is 27.2. The highest BCUT2D eigenvalue weighted by molar-refractivity contribution is 5.81. The zero-order valence-corrected chi connectivity index (χ0v) is 27.2. The molecule has 224 valence electrons. The fraction of sp³-hybridized carbons (Fsp3) is 0.758. The van der Waals surface area contributed by atoms with Gasteiger partial charge in [0.25, 0.3) is 0 Å². The molecule has 6 heteroatoms. The van der Waals surface area contributed by atoms with Crippen LogP contribution in [0.2, 0.25) is 0 Å². The number of carbonyl (C=O) groups is 2. The lowest BCUT2D eigenvalue weighted by molar-refractivity contribution is -0.166. The lowest BCUT2D eigenvalue weighted by atomic mass is 9.49. The summed E-state index contributed by atoms with van der Waals surface area (Å²) in [6.07, 6.45) is 3.23. The molecule has 0 aliphatic heterocycles. The minimum absolute atomic E-state index is 0.0621. The molecule has 0 radical (unpaired) electrons. The number of phenols is 1. The minimum Gasteiger partial charge on any atom is -0.508 e. The molecular weight excluding hydrogens is 490 g/mol. The number of hydrogen-bond acceptors (Lipinski definition) is 5. The number of unbranched alkanes of at least 4 members (excludes halogenated alkanes) is 1. The van der Waals surface area contributed by atoms with Crippen molar-refractivity contribution in [3.63, 3.8) is 0 Å². The summed E-state index contributed by atoms with van der Waals surface area (Å²) in [5.74, 6) is 0.0122. The van der Waals surface area contributed by atoms with E-state index in [2.05, 4.69) is 76.2 Å². The Bertz CT molecular complexity index is 936. The van der Waals surface area contributed by atoms with Crippen LogP contribution in [0.15, 0.2) is 24.3 Å². The van der Waals surface area contributed by atoms with Crippen molar-refractivity contribution in [2.24, 2.45) is 33.0 Å². The number of rotatable bonds is 13. The molecule has 0 fully saturated rings. The molecule has 1 N–H and O–H groups in total. The van der Waals surface area contributed by atoms with Gasteiger partial charge in [-0.2, -0.15) is 0 Å². The lowest BCUT2D eigenvalue weighted by Gasteiger charge is -2.55. The van der Waals surface area contributed by atoms with Crippen molar-refractivity contribution in [3.8, 4) is 11.5 Å². The van der Waals surface area contributed by atoms with Crippen molar-refractivity contribution in [1.29, 1.82) is 0 Å². The van der Waals surface area contributed by atoms with Gasteiger partial charge in [-0.3, -0.25) is 9.59 Å². The summed E-state index contributed by atoms with van der Waals surface area (Å²) in [6, 6.07) is 6.24. The molecule has 2 unspecified atom stereocenters. The molecule has 0 bridgehead atoms. The van der Waals surface area contributed by atoms with Gasteiger partial charge in [0, 0.05) is 19.6 Å².